The van der Waals surface area contributed by atoms with Crippen molar-refractivity contribution in [2.45, 2.75) is 32.9 Å². The van der Waals surface area contributed by atoms with Gasteiger partial charge in [-0.05, 0) is 39.0 Å². The quantitative estimate of drug-likeness (QED) is 0.921. The molecule has 0 bridgehead atoms. The average molecular weight is 283 g/mol. The summed E-state index contributed by atoms with van der Waals surface area (Å²) in [4.78, 5) is 0. The molecular formula is C13H16ClFN4. The third-order valence-corrected chi connectivity index (χ3v) is 3.05. The van der Waals surface area contributed by atoms with Gasteiger partial charge in [0.05, 0.1) is 11.6 Å². The van der Waals surface area contributed by atoms with Crippen LogP contribution in [0.1, 0.15) is 26.6 Å². The smallest absolute Gasteiger partial charge is 0.164 e. The summed E-state index contributed by atoms with van der Waals surface area (Å²) in [5.74, 6) is 0.865. The summed E-state index contributed by atoms with van der Waals surface area (Å²) in [6.45, 7) is 6.39. The molecule has 1 aromatic carbocycles. The van der Waals surface area contributed by atoms with Crippen molar-refractivity contribution < 1.29 is 4.39 Å². The maximum atomic E-state index is 13.2. The highest BCUT2D eigenvalue weighted by Gasteiger charge is 2.23. The zero-order valence-electron chi connectivity index (χ0n) is 11.1. The first kappa shape index (κ1) is 14.0. The standard InChI is InChI=1S/C13H16ClFN4/c1-13(2,3)19-11(7-16)17-18-12(19)8-4-5-10(15)9(14)6-8/h4-6H,7,16H2,1-3H3. The van der Waals surface area contributed by atoms with Gasteiger partial charge in [0.25, 0.3) is 0 Å². The molecule has 0 spiro atoms. The third kappa shape index (κ3) is 2.62. The van der Waals surface area contributed by atoms with Gasteiger partial charge >= 0.3 is 0 Å². The number of nitrogens with zero attached hydrogens (tertiary/aromatic N) is 3. The summed E-state index contributed by atoms with van der Waals surface area (Å²) in [7, 11) is 0. The van der Waals surface area contributed by atoms with Crippen molar-refractivity contribution in [1.82, 2.24) is 14.8 Å². The minimum atomic E-state index is -0.453. The first-order valence-corrected chi connectivity index (χ1v) is 6.32. The molecule has 2 N–H and O–H groups in total. The number of aromatic nitrogens is 3. The van der Waals surface area contributed by atoms with Gasteiger partial charge in [-0.25, -0.2) is 4.39 Å². The minimum absolute atomic E-state index is 0.0651. The fourth-order valence-corrected chi connectivity index (χ4v) is 2.16. The van der Waals surface area contributed by atoms with Crippen LogP contribution in [0.2, 0.25) is 5.02 Å². The van der Waals surface area contributed by atoms with Crippen LogP contribution in [0.5, 0.6) is 0 Å². The Morgan fingerprint density at radius 1 is 1.32 bits per heavy atom. The van der Waals surface area contributed by atoms with Crippen LogP contribution in [-0.4, -0.2) is 14.8 Å². The van der Waals surface area contributed by atoms with Crippen molar-refractivity contribution in [2.75, 3.05) is 0 Å². The maximum absolute atomic E-state index is 13.2. The van der Waals surface area contributed by atoms with Gasteiger partial charge in [0.15, 0.2) is 5.82 Å². The molecule has 0 saturated heterocycles. The van der Waals surface area contributed by atoms with Crippen molar-refractivity contribution >= 4 is 11.6 Å². The lowest BCUT2D eigenvalue weighted by molar-refractivity contribution is 0.386. The third-order valence-electron chi connectivity index (χ3n) is 2.76. The minimum Gasteiger partial charge on any atom is -0.324 e. The van der Waals surface area contributed by atoms with Crippen LogP contribution in [0.4, 0.5) is 4.39 Å². The molecule has 0 amide bonds. The Balaban J connectivity index is 2.62. The lowest BCUT2D eigenvalue weighted by Gasteiger charge is -2.24. The second kappa shape index (κ2) is 4.90. The Labute approximate surface area is 116 Å². The summed E-state index contributed by atoms with van der Waals surface area (Å²) in [5, 5.41) is 8.29. The molecule has 0 unspecified atom stereocenters. The molecule has 0 saturated carbocycles. The zero-order chi connectivity index (χ0) is 14.2. The van der Waals surface area contributed by atoms with E-state index in [2.05, 4.69) is 10.2 Å². The molecule has 102 valence electrons. The Morgan fingerprint density at radius 2 is 2.00 bits per heavy atom. The Morgan fingerprint density at radius 3 is 2.53 bits per heavy atom. The van der Waals surface area contributed by atoms with Crippen LogP contribution in [0.3, 0.4) is 0 Å². The van der Waals surface area contributed by atoms with Crippen LogP contribution in [0.15, 0.2) is 18.2 Å². The Hall–Kier alpha value is -1.46. The molecule has 2 rings (SSSR count). The van der Waals surface area contributed by atoms with E-state index in [4.69, 9.17) is 17.3 Å². The predicted octanol–water partition coefficient (Wildman–Crippen LogP) is 2.95. The second-order valence-electron chi connectivity index (χ2n) is 5.28. The normalized spacial score (nSPS) is 11.9. The van der Waals surface area contributed by atoms with Crippen molar-refractivity contribution in [2.24, 2.45) is 5.73 Å². The molecule has 1 heterocycles. The van der Waals surface area contributed by atoms with Gasteiger partial charge in [-0.15, -0.1) is 10.2 Å². The summed E-state index contributed by atoms with van der Waals surface area (Å²) >= 11 is 5.81. The SMILES string of the molecule is CC(C)(C)n1c(CN)nnc1-c1ccc(F)c(Cl)c1. The molecule has 19 heavy (non-hydrogen) atoms. The zero-order valence-corrected chi connectivity index (χ0v) is 11.9. The van der Waals surface area contributed by atoms with Crippen LogP contribution in [-0.2, 0) is 12.1 Å². The van der Waals surface area contributed by atoms with Gasteiger partial charge in [0.1, 0.15) is 11.6 Å². The number of hydrogen-bond donors (Lipinski definition) is 1. The average Bonchev–Trinajstić information content (AvgIpc) is 2.76. The van der Waals surface area contributed by atoms with E-state index in [0.29, 0.717) is 23.8 Å². The van der Waals surface area contributed by atoms with Gasteiger partial charge in [-0.2, -0.15) is 0 Å². The molecule has 0 aliphatic rings. The molecule has 6 heteroatoms. The first-order chi connectivity index (χ1) is 8.84. The van der Waals surface area contributed by atoms with Gasteiger partial charge in [-0.3, -0.25) is 0 Å². The molecule has 0 fully saturated rings. The topological polar surface area (TPSA) is 56.7 Å². The van der Waals surface area contributed by atoms with E-state index in [0.717, 1.165) is 0 Å². The van der Waals surface area contributed by atoms with Gasteiger partial charge in [0, 0.05) is 11.1 Å². The lowest BCUT2D eigenvalue weighted by Crippen LogP contribution is -2.26. The summed E-state index contributed by atoms with van der Waals surface area (Å²) in [6.07, 6.45) is 0. The molecule has 2 aromatic rings. The summed E-state index contributed by atoms with van der Waals surface area (Å²) in [6, 6.07) is 4.50. The lowest BCUT2D eigenvalue weighted by atomic mass is 10.1. The van der Waals surface area contributed by atoms with Crippen LogP contribution >= 0.6 is 11.6 Å². The fourth-order valence-electron chi connectivity index (χ4n) is 1.98. The highest BCUT2D eigenvalue weighted by Crippen LogP contribution is 2.28. The van der Waals surface area contributed by atoms with E-state index in [1.807, 2.05) is 25.3 Å². The van der Waals surface area contributed by atoms with E-state index < -0.39 is 5.82 Å². The maximum Gasteiger partial charge on any atom is 0.164 e. The van der Waals surface area contributed by atoms with Crippen molar-refractivity contribution in [3.63, 3.8) is 0 Å². The second-order valence-corrected chi connectivity index (χ2v) is 5.69. The molecule has 0 radical (unpaired) electrons. The number of benzene rings is 1. The van der Waals surface area contributed by atoms with Gasteiger partial charge in [-0.1, -0.05) is 11.6 Å². The van der Waals surface area contributed by atoms with E-state index in [-0.39, 0.29) is 10.6 Å². The fraction of sp³-hybridized carbons (Fsp3) is 0.385. The molecular weight excluding hydrogens is 267 g/mol. The van der Waals surface area contributed by atoms with E-state index in [1.165, 1.54) is 6.07 Å². The van der Waals surface area contributed by atoms with Crippen LogP contribution in [0, 0.1) is 5.82 Å². The van der Waals surface area contributed by atoms with E-state index in [1.54, 1.807) is 12.1 Å². The number of halogens is 2. The van der Waals surface area contributed by atoms with Crippen molar-refractivity contribution in [3.05, 3.63) is 34.9 Å². The Kier molecular flexibility index (Phi) is 3.60. The Bertz CT molecular complexity index is 601. The highest BCUT2D eigenvalue weighted by atomic mass is 35.5. The monoisotopic (exact) mass is 282 g/mol. The molecule has 1 aromatic heterocycles. The largest absolute Gasteiger partial charge is 0.324 e. The van der Waals surface area contributed by atoms with Crippen molar-refractivity contribution in [3.8, 4) is 11.4 Å². The molecule has 0 atom stereocenters. The van der Waals surface area contributed by atoms with E-state index in [9.17, 15) is 4.39 Å². The highest BCUT2D eigenvalue weighted by molar-refractivity contribution is 6.31. The van der Waals surface area contributed by atoms with Gasteiger partial charge in [0.2, 0.25) is 0 Å². The molecule has 4 nitrogen and oxygen atoms in total. The summed E-state index contributed by atoms with van der Waals surface area (Å²) in [5.41, 5.74) is 6.17. The number of hydrogen-bond acceptors (Lipinski definition) is 3. The van der Waals surface area contributed by atoms with E-state index >= 15 is 0 Å². The number of rotatable bonds is 2. The summed E-state index contributed by atoms with van der Waals surface area (Å²) < 4.78 is 15.2. The van der Waals surface area contributed by atoms with Crippen LogP contribution in [0.25, 0.3) is 11.4 Å². The molecule has 0 aliphatic carbocycles. The molecule has 0 aliphatic heterocycles. The van der Waals surface area contributed by atoms with Gasteiger partial charge < -0.3 is 10.3 Å². The van der Waals surface area contributed by atoms with Crippen molar-refractivity contribution in [1.29, 1.82) is 0 Å². The number of nitrogens with two attached hydrogens (primary N) is 1. The van der Waals surface area contributed by atoms with Crippen LogP contribution < -0.4 is 5.73 Å². The first-order valence-electron chi connectivity index (χ1n) is 5.95. The predicted molar refractivity (Wildman–Crippen MR) is 73.3 cm³/mol.